The smallest absolute Gasteiger partial charge is 0.227 e. The van der Waals surface area contributed by atoms with E-state index in [0.29, 0.717) is 0 Å². The number of aryl methyl sites for hydroxylation is 1. The van der Waals surface area contributed by atoms with Gasteiger partial charge in [-0.3, -0.25) is 0 Å². The molecule has 0 aliphatic carbocycles. The first-order valence-electron chi connectivity index (χ1n) is 5.83. The van der Waals surface area contributed by atoms with Crippen LogP contribution in [0.1, 0.15) is 12.6 Å². The maximum atomic E-state index is 5.34. The van der Waals surface area contributed by atoms with Crippen LogP contribution >= 0.6 is 22.6 Å². The molecule has 1 saturated heterocycles. The summed E-state index contributed by atoms with van der Waals surface area (Å²) in [6.07, 6.45) is 0.923. The normalized spacial score (nSPS) is 16.1. The molecule has 6 heteroatoms. The van der Waals surface area contributed by atoms with Crippen molar-refractivity contribution in [3.63, 3.8) is 0 Å². The second kappa shape index (κ2) is 5.81. The Labute approximate surface area is 115 Å². The number of nitrogens with one attached hydrogen (secondary N) is 1. The number of halogens is 1. The summed E-state index contributed by atoms with van der Waals surface area (Å²) in [6, 6.07) is 0. The van der Waals surface area contributed by atoms with E-state index in [9.17, 15) is 0 Å². The molecular weight excluding hydrogens is 331 g/mol. The molecule has 2 rings (SSSR count). The van der Waals surface area contributed by atoms with Crippen LogP contribution in [-0.2, 0) is 11.2 Å². The third-order valence-electron chi connectivity index (χ3n) is 2.77. The standard InChI is InChI=1S/C11H17IN4O/c1-3-8-9(12)10(13-2)15-11(14-8)16-4-6-17-7-5-16/h3-7H2,1-2H3,(H,13,14,15). The Hall–Kier alpha value is -0.630. The predicted octanol–water partition coefficient (Wildman–Crippen LogP) is 1.52. The van der Waals surface area contributed by atoms with Crippen molar-refractivity contribution in [1.82, 2.24) is 9.97 Å². The van der Waals surface area contributed by atoms with Crippen molar-refractivity contribution < 1.29 is 4.74 Å². The molecular formula is C11H17IN4O. The van der Waals surface area contributed by atoms with Crippen molar-refractivity contribution in [2.75, 3.05) is 43.6 Å². The summed E-state index contributed by atoms with van der Waals surface area (Å²) in [4.78, 5) is 11.4. The lowest BCUT2D eigenvalue weighted by Crippen LogP contribution is -2.37. The zero-order chi connectivity index (χ0) is 12.3. The number of nitrogens with zero attached hydrogens (tertiary/aromatic N) is 3. The average Bonchev–Trinajstić information content (AvgIpc) is 2.40. The summed E-state index contributed by atoms with van der Waals surface area (Å²) >= 11 is 2.30. The van der Waals surface area contributed by atoms with E-state index in [1.165, 1.54) is 0 Å². The molecule has 0 amide bonds. The van der Waals surface area contributed by atoms with Crippen LogP contribution in [-0.4, -0.2) is 43.3 Å². The summed E-state index contributed by atoms with van der Waals surface area (Å²) in [5.41, 5.74) is 1.10. The van der Waals surface area contributed by atoms with Gasteiger partial charge >= 0.3 is 0 Å². The van der Waals surface area contributed by atoms with Gasteiger partial charge in [-0.05, 0) is 29.0 Å². The van der Waals surface area contributed by atoms with Crippen LogP contribution in [0.15, 0.2) is 0 Å². The van der Waals surface area contributed by atoms with Crippen LogP contribution in [0.5, 0.6) is 0 Å². The first-order valence-corrected chi connectivity index (χ1v) is 6.91. The molecule has 1 aromatic heterocycles. The number of ether oxygens (including phenoxy) is 1. The van der Waals surface area contributed by atoms with E-state index in [-0.39, 0.29) is 0 Å². The van der Waals surface area contributed by atoms with Crippen LogP contribution in [0.3, 0.4) is 0 Å². The summed E-state index contributed by atoms with van der Waals surface area (Å²) in [5.74, 6) is 1.73. The van der Waals surface area contributed by atoms with E-state index in [4.69, 9.17) is 4.74 Å². The fourth-order valence-corrected chi connectivity index (χ4v) is 2.68. The van der Waals surface area contributed by atoms with Gasteiger partial charge in [-0.1, -0.05) is 6.92 Å². The Morgan fingerprint density at radius 2 is 2.06 bits per heavy atom. The first kappa shape index (κ1) is 12.8. The van der Waals surface area contributed by atoms with Crippen molar-refractivity contribution >= 4 is 34.4 Å². The van der Waals surface area contributed by atoms with Gasteiger partial charge < -0.3 is 15.0 Å². The van der Waals surface area contributed by atoms with E-state index in [0.717, 1.165) is 53.8 Å². The van der Waals surface area contributed by atoms with Crippen LogP contribution in [0, 0.1) is 3.57 Å². The first-order chi connectivity index (χ1) is 8.26. The maximum absolute atomic E-state index is 5.34. The molecule has 2 heterocycles. The molecule has 1 N–H and O–H groups in total. The van der Waals surface area contributed by atoms with E-state index < -0.39 is 0 Å². The maximum Gasteiger partial charge on any atom is 0.227 e. The molecule has 0 bridgehead atoms. The summed E-state index contributed by atoms with van der Waals surface area (Å²) < 4.78 is 6.46. The highest BCUT2D eigenvalue weighted by atomic mass is 127. The van der Waals surface area contributed by atoms with Crippen molar-refractivity contribution in [2.45, 2.75) is 13.3 Å². The molecule has 0 unspecified atom stereocenters. The molecule has 1 aliphatic heterocycles. The van der Waals surface area contributed by atoms with Crippen LogP contribution in [0.2, 0.25) is 0 Å². The largest absolute Gasteiger partial charge is 0.378 e. The van der Waals surface area contributed by atoms with E-state index in [1.54, 1.807) is 0 Å². The van der Waals surface area contributed by atoms with Crippen molar-refractivity contribution in [1.29, 1.82) is 0 Å². The SMILES string of the molecule is CCc1nc(N2CCOCC2)nc(NC)c1I. The third-order valence-corrected chi connectivity index (χ3v) is 3.91. The number of rotatable bonds is 3. The van der Waals surface area contributed by atoms with Gasteiger partial charge in [0.2, 0.25) is 5.95 Å². The fourth-order valence-electron chi connectivity index (χ4n) is 1.79. The Balaban J connectivity index is 2.33. The molecule has 94 valence electrons. The number of hydrogen-bond donors (Lipinski definition) is 1. The van der Waals surface area contributed by atoms with Gasteiger partial charge in [-0.2, -0.15) is 4.98 Å². The predicted molar refractivity (Wildman–Crippen MR) is 76.7 cm³/mol. The lowest BCUT2D eigenvalue weighted by molar-refractivity contribution is 0.122. The van der Waals surface area contributed by atoms with Gasteiger partial charge in [0.1, 0.15) is 5.82 Å². The fraction of sp³-hybridized carbons (Fsp3) is 0.636. The minimum Gasteiger partial charge on any atom is -0.378 e. The van der Waals surface area contributed by atoms with Gasteiger partial charge in [0, 0.05) is 20.1 Å². The molecule has 5 nitrogen and oxygen atoms in total. The minimum atomic E-state index is 0.756. The molecule has 1 fully saturated rings. The molecule has 1 aliphatic rings. The monoisotopic (exact) mass is 348 g/mol. The highest BCUT2D eigenvalue weighted by Crippen LogP contribution is 2.23. The van der Waals surface area contributed by atoms with Crippen molar-refractivity contribution in [3.05, 3.63) is 9.26 Å². The molecule has 0 radical (unpaired) electrons. The van der Waals surface area contributed by atoms with Crippen LogP contribution in [0.4, 0.5) is 11.8 Å². The van der Waals surface area contributed by atoms with E-state index >= 15 is 0 Å². The lowest BCUT2D eigenvalue weighted by atomic mass is 10.3. The highest BCUT2D eigenvalue weighted by Gasteiger charge is 2.17. The number of hydrogen-bond acceptors (Lipinski definition) is 5. The average molecular weight is 348 g/mol. The molecule has 0 aromatic carbocycles. The van der Waals surface area contributed by atoms with Gasteiger partial charge in [0.05, 0.1) is 22.5 Å². The zero-order valence-electron chi connectivity index (χ0n) is 10.2. The van der Waals surface area contributed by atoms with Gasteiger partial charge in [-0.15, -0.1) is 0 Å². The van der Waals surface area contributed by atoms with Gasteiger partial charge in [0.25, 0.3) is 0 Å². The molecule has 17 heavy (non-hydrogen) atoms. The van der Waals surface area contributed by atoms with Gasteiger partial charge in [-0.25, -0.2) is 4.98 Å². The van der Waals surface area contributed by atoms with Crippen molar-refractivity contribution in [3.8, 4) is 0 Å². The molecule has 1 aromatic rings. The number of morpholine rings is 1. The molecule has 0 saturated carbocycles. The van der Waals surface area contributed by atoms with Crippen LogP contribution < -0.4 is 10.2 Å². The number of anilines is 2. The highest BCUT2D eigenvalue weighted by molar-refractivity contribution is 14.1. The van der Waals surface area contributed by atoms with Crippen LogP contribution in [0.25, 0.3) is 0 Å². The summed E-state index contributed by atoms with van der Waals surface area (Å²) in [7, 11) is 1.90. The van der Waals surface area contributed by atoms with Gasteiger partial charge in [0.15, 0.2) is 0 Å². The molecule has 0 spiro atoms. The Kier molecular flexibility index (Phi) is 4.38. The second-order valence-corrected chi connectivity index (χ2v) is 4.91. The Morgan fingerprint density at radius 3 is 2.65 bits per heavy atom. The lowest BCUT2D eigenvalue weighted by Gasteiger charge is -2.27. The Morgan fingerprint density at radius 1 is 1.35 bits per heavy atom. The van der Waals surface area contributed by atoms with E-state index in [1.807, 2.05) is 7.05 Å². The topological polar surface area (TPSA) is 50.3 Å². The number of aromatic nitrogens is 2. The molecule has 0 atom stereocenters. The minimum absolute atomic E-state index is 0.756. The summed E-state index contributed by atoms with van der Waals surface area (Å²) in [6.45, 7) is 5.37. The third kappa shape index (κ3) is 2.79. The quantitative estimate of drug-likeness (QED) is 0.840. The second-order valence-electron chi connectivity index (χ2n) is 3.84. The summed E-state index contributed by atoms with van der Waals surface area (Å²) in [5, 5.41) is 3.13. The van der Waals surface area contributed by atoms with Crippen molar-refractivity contribution in [2.24, 2.45) is 0 Å². The zero-order valence-corrected chi connectivity index (χ0v) is 12.3. The van der Waals surface area contributed by atoms with E-state index in [2.05, 4.69) is 49.7 Å². The Bertz CT molecular complexity index is 368.